The molecule has 1 fully saturated rings. The summed E-state index contributed by atoms with van der Waals surface area (Å²) in [6, 6.07) is 12.8. The molecule has 1 saturated heterocycles. The van der Waals surface area contributed by atoms with Gasteiger partial charge >= 0.3 is 0 Å². The Kier molecular flexibility index (Phi) is 7.11. The molecule has 2 atom stereocenters. The highest BCUT2D eigenvalue weighted by Gasteiger charge is 2.29. The summed E-state index contributed by atoms with van der Waals surface area (Å²) >= 11 is 0. The molecule has 1 aliphatic rings. The lowest BCUT2D eigenvalue weighted by Crippen LogP contribution is -2.45. The molecule has 4 nitrogen and oxygen atoms in total. The Bertz CT molecular complexity index is 986. The fourth-order valence-electron chi connectivity index (χ4n) is 3.93. The van der Waals surface area contributed by atoms with Crippen LogP contribution in [0.5, 0.6) is 0 Å². The van der Waals surface area contributed by atoms with E-state index in [1.807, 2.05) is 44.2 Å². The van der Waals surface area contributed by atoms with Gasteiger partial charge in [0.15, 0.2) is 9.84 Å². The van der Waals surface area contributed by atoms with E-state index in [-0.39, 0.29) is 23.8 Å². The molecule has 0 aromatic heterocycles. The van der Waals surface area contributed by atoms with Crippen molar-refractivity contribution in [3.8, 4) is 0 Å². The van der Waals surface area contributed by atoms with Crippen LogP contribution in [-0.4, -0.2) is 38.5 Å². The van der Waals surface area contributed by atoms with E-state index >= 15 is 0 Å². The van der Waals surface area contributed by atoms with E-state index in [9.17, 15) is 12.8 Å². The molecule has 1 heterocycles. The summed E-state index contributed by atoms with van der Waals surface area (Å²) in [6.07, 6.45) is 1.81. The van der Waals surface area contributed by atoms with Crippen LogP contribution in [0.4, 0.5) is 10.1 Å². The minimum absolute atomic E-state index is 0.0479. The van der Waals surface area contributed by atoms with Gasteiger partial charge in [-0.1, -0.05) is 30.3 Å². The van der Waals surface area contributed by atoms with Crippen LogP contribution >= 0.6 is 0 Å². The summed E-state index contributed by atoms with van der Waals surface area (Å²) in [5.41, 5.74) is 3.99. The van der Waals surface area contributed by atoms with Gasteiger partial charge in [-0.15, -0.1) is 0 Å². The fourth-order valence-corrected chi connectivity index (χ4v) is 5.00. The third-order valence-corrected chi connectivity index (χ3v) is 8.38. The maximum Gasteiger partial charge on any atom is 0.159 e. The van der Waals surface area contributed by atoms with Crippen LogP contribution in [0.3, 0.4) is 0 Å². The minimum atomic E-state index is -3.20. The Morgan fingerprint density at radius 2 is 1.55 bits per heavy atom. The molecule has 0 bridgehead atoms. The van der Waals surface area contributed by atoms with Crippen LogP contribution in [0.1, 0.15) is 51.3 Å². The van der Waals surface area contributed by atoms with Gasteiger partial charge in [0.2, 0.25) is 0 Å². The first-order chi connectivity index (χ1) is 14.4. The molecule has 170 valence electrons. The largest absolute Gasteiger partial charge is 0.372 e. The third kappa shape index (κ3) is 6.07. The summed E-state index contributed by atoms with van der Waals surface area (Å²) in [4.78, 5) is 2.22. The average molecular weight is 448 g/mol. The van der Waals surface area contributed by atoms with E-state index in [2.05, 4.69) is 4.90 Å². The first-order valence-electron chi connectivity index (χ1n) is 10.9. The molecule has 0 saturated carbocycles. The van der Waals surface area contributed by atoms with Gasteiger partial charge in [-0.05, 0) is 76.3 Å². The second-order valence-electron chi connectivity index (χ2n) is 9.62. The quantitative estimate of drug-likeness (QED) is 0.629. The van der Waals surface area contributed by atoms with Crippen LogP contribution < -0.4 is 4.90 Å². The van der Waals surface area contributed by atoms with Gasteiger partial charge in [0.1, 0.15) is 5.82 Å². The van der Waals surface area contributed by atoms with E-state index in [0.717, 1.165) is 48.3 Å². The molecule has 0 radical (unpaired) electrons. The predicted molar refractivity (Wildman–Crippen MR) is 125 cm³/mol. The maximum absolute atomic E-state index is 14.0. The summed E-state index contributed by atoms with van der Waals surface area (Å²) in [6.45, 7) is 10.8. The van der Waals surface area contributed by atoms with Crippen molar-refractivity contribution in [3.63, 3.8) is 0 Å². The monoisotopic (exact) mass is 447 g/mol. The number of benzene rings is 2. The van der Waals surface area contributed by atoms with Crippen molar-refractivity contribution >= 4 is 15.5 Å². The first kappa shape index (κ1) is 23.7. The molecule has 2 aromatic carbocycles. The van der Waals surface area contributed by atoms with Gasteiger partial charge < -0.3 is 9.64 Å². The Balaban J connectivity index is 1.70. The molecule has 1 aliphatic heterocycles. The van der Waals surface area contributed by atoms with Gasteiger partial charge in [-0.25, -0.2) is 12.8 Å². The normalized spacial score (nSPS) is 20.1. The van der Waals surface area contributed by atoms with Crippen LogP contribution in [0.25, 0.3) is 0 Å². The van der Waals surface area contributed by atoms with Gasteiger partial charge in [0, 0.05) is 18.8 Å². The minimum Gasteiger partial charge on any atom is -0.372 e. The number of nitrogens with zero attached hydrogens (tertiary/aromatic N) is 1. The van der Waals surface area contributed by atoms with E-state index in [1.54, 1.807) is 26.8 Å². The molecule has 2 aromatic rings. The molecule has 0 N–H and O–H groups in total. The number of sulfone groups is 1. The van der Waals surface area contributed by atoms with E-state index in [0.29, 0.717) is 0 Å². The standard InChI is InChI=1S/C25H34FNO3S/c1-18-15-27(16-19(2)30-18)24-14-23(26)13-12-22(24)11-10-20-6-8-21(9-7-20)17-31(28,29)25(3,4)5/h6-9,12-14,18-19H,10-11,15-17H2,1-5H3/t18-,19+. The smallest absolute Gasteiger partial charge is 0.159 e. The average Bonchev–Trinajstić information content (AvgIpc) is 2.66. The summed E-state index contributed by atoms with van der Waals surface area (Å²) < 4.78 is 43.9. The Hall–Kier alpha value is -1.92. The van der Waals surface area contributed by atoms with Crippen molar-refractivity contribution in [2.24, 2.45) is 0 Å². The lowest BCUT2D eigenvalue weighted by Gasteiger charge is -2.38. The van der Waals surface area contributed by atoms with Crippen LogP contribution in [0, 0.1) is 5.82 Å². The van der Waals surface area contributed by atoms with Gasteiger partial charge in [0.25, 0.3) is 0 Å². The zero-order chi connectivity index (χ0) is 22.8. The lowest BCUT2D eigenvalue weighted by molar-refractivity contribution is -0.00527. The van der Waals surface area contributed by atoms with Gasteiger partial charge in [-0.3, -0.25) is 0 Å². The van der Waals surface area contributed by atoms with Crippen molar-refractivity contribution < 1.29 is 17.5 Å². The number of hydrogen-bond acceptors (Lipinski definition) is 4. The van der Waals surface area contributed by atoms with Crippen LogP contribution in [-0.2, 0) is 33.2 Å². The number of ether oxygens (including phenoxy) is 1. The molecule has 31 heavy (non-hydrogen) atoms. The highest BCUT2D eigenvalue weighted by molar-refractivity contribution is 7.91. The number of halogens is 1. The number of morpholine rings is 1. The van der Waals surface area contributed by atoms with Crippen LogP contribution in [0.15, 0.2) is 42.5 Å². The van der Waals surface area contributed by atoms with Crippen molar-refractivity contribution in [1.82, 2.24) is 0 Å². The van der Waals surface area contributed by atoms with E-state index in [1.165, 1.54) is 6.07 Å². The highest BCUT2D eigenvalue weighted by Crippen LogP contribution is 2.27. The number of aryl methyl sites for hydroxylation is 2. The molecular weight excluding hydrogens is 413 g/mol. The zero-order valence-electron chi connectivity index (χ0n) is 19.2. The Morgan fingerprint density at radius 1 is 0.968 bits per heavy atom. The second-order valence-corrected chi connectivity index (χ2v) is 12.4. The SMILES string of the molecule is C[C@@H]1CN(c2cc(F)ccc2CCc2ccc(CS(=O)(=O)C(C)(C)C)cc2)C[C@H](C)O1. The number of rotatable bonds is 6. The van der Waals surface area contributed by atoms with E-state index < -0.39 is 14.6 Å². The molecule has 0 amide bonds. The van der Waals surface area contributed by atoms with Gasteiger partial charge in [-0.2, -0.15) is 0 Å². The Labute approximate surface area is 186 Å². The first-order valence-corrected chi connectivity index (χ1v) is 12.6. The predicted octanol–water partition coefficient (Wildman–Crippen LogP) is 4.94. The zero-order valence-corrected chi connectivity index (χ0v) is 20.0. The molecule has 6 heteroatoms. The molecule has 0 spiro atoms. The fraction of sp³-hybridized carbons (Fsp3) is 0.520. The van der Waals surface area contributed by atoms with Gasteiger partial charge in [0.05, 0.1) is 22.7 Å². The lowest BCUT2D eigenvalue weighted by atomic mass is 10.0. The van der Waals surface area contributed by atoms with Crippen molar-refractivity contribution in [1.29, 1.82) is 0 Å². The van der Waals surface area contributed by atoms with Crippen LogP contribution in [0.2, 0.25) is 0 Å². The van der Waals surface area contributed by atoms with Crippen molar-refractivity contribution in [3.05, 3.63) is 65.0 Å². The number of hydrogen-bond donors (Lipinski definition) is 0. The molecule has 3 rings (SSSR count). The second kappa shape index (κ2) is 9.29. The van der Waals surface area contributed by atoms with Crippen molar-refractivity contribution in [2.75, 3.05) is 18.0 Å². The summed E-state index contributed by atoms with van der Waals surface area (Å²) in [5, 5.41) is 0. The summed E-state index contributed by atoms with van der Waals surface area (Å²) in [5.74, 6) is -0.179. The number of anilines is 1. The van der Waals surface area contributed by atoms with E-state index in [4.69, 9.17) is 4.74 Å². The molecular formula is C25H34FNO3S. The molecule has 0 aliphatic carbocycles. The van der Waals surface area contributed by atoms with Crippen molar-refractivity contribution in [2.45, 2.75) is 70.2 Å². The maximum atomic E-state index is 14.0. The summed E-state index contributed by atoms with van der Waals surface area (Å²) in [7, 11) is -3.20. The topological polar surface area (TPSA) is 46.6 Å². The third-order valence-electron chi connectivity index (χ3n) is 5.80. The Morgan fingerprint density at radius 3 is 2.13 bits per heavy atom. The molecule has 0 unspecified atom stereocenters. The highest BCUT2D eigenvalue weighted by atomic mass is 32.2.